The smallest absolute Gasteiger partial charge is 0.255 e. The summed E-state index contributed by atoms with van der Waals surface area (Å²) in [7, 11) is 0.428. The Morgan fingerprint density at radius 1 is 1.20 bits per heavy atom. The van der Waals surface area contributed by atoms with Crippen molar-refractivity contribution >= 4 is 55.8 Å². The van der Waals surface area contributed by atoms with Gasteiger partial charge in [-0.25, -0.2) is 12.7 Å². The van der Waals surface area contributed by atoms with E-state index >= 15 is 0 Å². The van der Waals surface area contributed by atoms with Crippen molar-refractivity contribution in [3.05, 3.63) is 50.6 Å². The van der Waals surface area contributed by atoms with Crippen LogP contribution < -0.4 is 10.1 Å². The van der Waals surface area contributed by atoms with Gasteiger partial charge in [0, 0.05) is 23.2 Å². The minimum absolute atomic E-state index is 0.0821. The minimum atomic E-state index is -3.76. The van der Waals surface area contributed by atoms with Crippen molar-refractivity contribution in [3.63, 3.8) is 0 Å². The van der Waals surface area contributed by atoms with Crippen LogP contribution in [0.2, 0.25) is 5.02 Å². The van der Waals surface area contributed by atoms with Crippen molar-refractivity contribution in [1.29, 1.82) is 0 Å². The van der Waals surface area contributed by atoms with Gasteiger partial charge in [0.05, 0.1) is 17.8 Å². The van der Waals surface area contributed by atoms with E-state index in [4.69, 9.17) is 16.3 Å². The fourth-order valence-corrected chi connectivity index (χ4v) is 3.98. The quantitative estimate of drug-likeness (QED) is 0.646. The van der Waals surface area contributed by atoms with E-state index in [2.05, 4.69) is 27.9 Å². The molecule has 0 unspecified atom stereocenters. The van der Waals surface area contributed by atoms with Crippen LogP contribution in [-0.2, 0) is 10.0 Å². The van der Waals surface area contributed by atoms with Crippen molar-refractivity contribution in [3.8, 4) is 5.75 Å². The van der Waals surface area contributed by atoms with Crippen molar-refractivity contribution in [2.75, 3.05) is 26.5 Å². The maximum atomic E-state index is 12.5. The lowest BCUT2D eigenvalue weighted by Crippen LogP contribution is -2.23. The van der Waals surface area contributed by atoms with Crippen molar-refractivity contribution in [1.82, 2.24) is 4.31 Å². The third-order valence-corrected chi connectivity index (χ3v) is 6.18. The monoisotopic (exact) mass is 494 g/mol. The second-order valence-corrected chi connectivity index (χ2v) is 9.00. The predicted molar refractivity (Wildman–Crippen MR) is 106 cm³/mol. The number of carbonyl (C=O) groups excluding carboxylic acids is 1. The maximum Gasteiger partial charge on any atom is 0.255 e. The molecule has 6 nitrogen and oxygen atoms in total. The number of ether oxygens (including phenoxy) is 1. The number of amides is 1. The van der Waals surface area contributed by atoms with Gasteiger partial charge in [-0.1, -0.05) is 11.6 Å². The molecule has 0 radical (unpaired) electrons. The number of nitrogens with zero attached hydrogens (tertiary/aromatic N) is 1. The lowest BCUT2D eigenvalue weighted by Gasteiger charge is -2.15. The summed E-state index contributed by atoms with van der Waals surface area (Å²) in [4.78, 5) is 12.4. The number of nitrogens with one attached hydrogen (secondary N) is 1. The summed E-state index contributed by atoms with van der Waals surface area (Å²) >= 11 is 8.22. The summed E-state index contributed by atoms with van der Waals surface area (Å²) in [6, 6.07) is 9.42. The van der Waals surface area contributed by atoms with E-state index in [-0.39, 0.29) is 16.2 Å². The average molecular weight is 495 g/mol. The number of hydrogen-bond donors (Lipinski definition) is 1. The summed E-state index contributed by atoms with van der Waals surface area (Å²) in [5.74, 6) is -0.307. The van der Waals surface area contributed by atoms with Crippen LogP contribution in [0.15, 0.2) is 41.3 Å². The molecule has 0 spiro atoms. The Kier molecular flexibility index (Phi) is 6.30. The summed E-state index contributed by atoms with van der Waals surface area (Å²) in [5, 5.41) is 3.07. The fourth-order valence-electron chi connectivity index (χ4n) is 2.00. The first kappa shape index (κ1) is 20.0. The molecular weight excluding hydrogens is 479 g/mol. The lowest BCUT2D eigenvalue weighted by molar-refractivity contribution is 0.102. The molecular formula is C16H16ClIN2O4S. The molecule has 25 heavy (non-hydrogen) atoms. The van der Waals surface area contributed by atoms with Gasteiger partial charge in [-0.15, -0.1) is 0 Å². The zero-order chi connectivity index (χ0) is 18.8. The molecule has 9 heteroatoms. The number of carbonyl (C=O) groups is 1. The Morgan fingerprint density at radius 2 is 1.88 bits per heavy atom. The molecule has 1 amide bonds. The first-order valence-electron chi connectivity index (χ1n) is 7.03. The van der Waals surface area contributed by atoms with Crippen LogP contribution in [0.5, 0.6) is 5.75 Å². The Bertz CT molecular complexity index is 916. The molecule has 2 aromatic rings. The van der Waals surface area contributed by atoms with E-state index in [1.54, 1.807) is 18.2 Å². The van der Waals surface area contributed by atoms with E-state index in [1.165, 1.54) is 39.4 Å². The highest BCUT2D eigenvalue weighted by Crippen LogP contribution is 2.28. The number of sulfonamides is 1. The van der Waals surface area contributed by atoms with E-state index in [1.807, 2.05) is 0 Å². The first-order chi connectivity index (χ1) is 11.7. The van der Waals surface area contributed by atoms with Gasteiger partial charge in [0.15, 0.2) is 0 Å². The Labute approximate surface area is 165 Å². The molecule has 0 fully saturated rings. The molecule has 0 aliphatic rings. The molecule has 2 aromatic carbocycles. The second kappa shape index (κ2) is 7.90. The highest BCUT2D eigenvalue weighted by atomic mass is 127. The third kappa shape index (κ3) is 4.43. The van der Waals surface area contributed by atoms with Crippen LogP contribution in [0.3, 0.4) is 0 Å². The van der Waals surface area contributed by atoms with Crippen LogP contribution in [0, 0.1) is 3.57 Å². The molecule has 0 saturated heterocycles. The predicted octanol–water partition coefficient (Wildman–Crippen LogP) is 3.46. The van der Waals surface area contributed by atoms with Crippen molar-refractivity contribution in [2.45, 2.75) is 4.90 Å². The van der Waals surface area contributed by atoms with Gasteiger partial charge in [0.1, 0.15) is 10.6 Å². The number of anilines is 1. The number of rotatable bonds is 5. The summed E-state index contributed by atoms with van der Waals surface area (Å²) in [5.41, 5.74) is 0.621. The Morgan fingerprint density at radius 3 is 2.44 bits per heavy atom. The molecule has 0 aliphatic heterocycles. The van der Waals surface area contributed by atoms with Gasteiger partial charge in [0.2, 0.25) is 10.0 Å². The number of halogens is 2. The summed E-state index contributed by atoms with van der Waals surface area (Å²) in [6.45, 7) is 0. The molecule has 0 aliphatic carbocycles. The normalized spacial score (nSPS) is 11.4. The zero-order valence-corrected chi connectivity index (χ0v) is 17.4. The number of methoxy groups -OCH3 is 1. The third-order valence-electron chi connectivity index (χ3n) is 3.36. The first-order valence-corrected chi connectivity index (χ1v) is 9.93. The SMILES string of the molecule is COc1ccc(C(=O)Nc2ccc(I)cc2Cl)cc1S(=O)(=O)N(C)C. The standard InChI is InChI=1S/C16H16ClIN2O4S/c1-20(2)25(22,23)15-8-10(4-7-14(15)24-3)16(21)19-13-6-5-11(18)9-12(13)17/h4-9H,1-3H3,(H,19,21). The van der Waals surface area contributed by atoms with Crippen LogP contribution in [0.1, 0.15) is 10.4 Å². The van der Waals surface area contributed by atoms with E-state index in [9.17, 15) is 13.2 Å². The number of benzene rings is 2. The molecule has 0 heterocycles. The second-order valence-electron chi connectivity index (χ2n) is 5.23. The topological polar surface area (TPSA) is 75.7 Å². The summed E-state index contributed by atoms with van der Waals surface area (Å²) < 4.78 is 32.0. The molecule has 0 bridgehead atoms. The molecule has 0 saturated carbocycles. The molecule has 1 N–H and O–H groups in total. The highest BCUT2D eigenvalue weighted by molar-refractivity contribution is 14.1. The molecule has 0 atom stereocenters. The molecule has 134 valence electrons. The van der Waals surface area contributed by atoms with Gasteiger partial charge in [-0.2, -0.15) is 0 Å². The van der Waals surface area contributed by atoms with Gasteiger partial charge >= 0.3 is 0 Å². The Hall–Kier alpha value is -1.36. The fraction of sp³-hybridized carbons (Fsp3) is 0.188. The molecule has 0 aromatic heterocycles. The van der Waals surface area contributed by atoms with Gasteiger partial charge in [-0.3, -0.25) is 4.79 Å². The van der Waals surface area contributed by atoms with Crippen molar-refractivity contribution < 1.29 is 17.9 Å². The molecule has 2 rings (SSSR count). The highest BCUT2D eigenvalue weighted by Gasteiger charge is 2.24. The maximum absolute atomic E-state index is 12.5. The lowest BCUT2D eigenvalue weighted by atomic mass is 10.2. The zero-order valence-electron chi connectivity index (χ0n) is 13.7. The van der Waals surface area contributed by atoms with Crippen LogP contribution >= 0.6 is 34.2 Å². The Balaban J connectivity index is 2.41. The van der Waals surface area contributed by atoms with Crippen molar-refractivity contribution in [2.24, 2.45) is 0 Å². The number of hydrogen-bond acceptors (Lipinski definition) is 4. The summed E-state index contributed by atoms with van der Waals surface area (Å²) in [6.07, 6.45) is 0. The van der Waals surface area contributed by atoms with Crippen LogP contribution in [-0.4, -0.2) is 39.8 Å². The van der Waals surface area contributed by atoms with Gasteiger partial charge < -0.3 is 10.1 Å². The van der Waals surface area contributed by atoms with E-state index in [0.717, 1.165) is 7.88 Å². The van der Waals surface area contributed by atoms with Gasteiger partial charge in [0.25, 0.3) is 5.91 Å². The average Bonchev–Trinajstić information content (AvgIpc) is 2.56. The van der Waals surface area contributed by atoms with Gasteiger partial charge in [-0.05, 0) is 59.0 Å². The minimum Gasteiger partial charge on any atom is -0.495 e. The van der Waals surface area contributed by atoms with Crippen LogP contribution in [0.4, 0.5) is 5.69 Å². The van der Waals surface area contributed by atoms with Crippen LogP contribution in [0.25, 0.3) is 0 Å². The van der Waals surface area contributed by atoms with E-state index in [0.29, 0.717) is 10.7 Å². The van der Waals surface area contributed by atoms with E-state index < -0.39 is 15.9 Å². The largest absolute Gasteiger partial charge is 0.495 e.